The van der Waals surface area contributed by atoms with Gasteiger partial charge in [0.1, 0.15) is 0 Å². The van der Waals surface area contributed by atoms with E-state index in [9.17, 15) is 16.8 Å². The van der Waals surface area contributed by atoms with Crippen LogP contribution in [-0.4, -0.2) is 69.6 Å². The Bertz CT molecular complexity index is 1230. The van der Waals surface area contributed by atoms with Crippen LogP contribution in [0.5, 0.6) is 5.88 Å². The van der Waals surface area contributed by atoms with Gasteiger partial charge in [-0.15, -0.1) is 5.10 Å². The molecule has 0 fully saturated rings. The first kappa shape index (κ1) is 26.8. The molecule has 33 heavy (non-hydrogen) atoms. The summed E-state index contributed by atoms with van der Waals surface area (Å²) >= 11 is 5.89. The molecule has 3 rings (SSSR count). The van der Waals surface area contributed by atoms with Crippen molar-refractivity contribution in [3.05, 3.63) is 65.8 Å². The highest BCUT2D eigenvalue weighted by molar-refractivity contribution is 7.91. The zero-order valence-corrected chi connectivity index (χ0v) is 20.8. The summed E-state index contributed by atoms with van der Waals surface area (Å²) in [5.41, 5.74) is 0.748. The topological polar surface area (TPSA) is 119 Å². The van der Waals surface area contributed by atoms with E-state index in [1.807, 2.05) is 49.3 Å². The maximum atomic E-state index is 13.2. The molecule has 1 heterocycles. The van der Waals surface area contributed by atoms with Gasteiger partial charge < -0.3 is 9.64 Å². The SMILES string of the molecule is CN(C)CCCOc1nn(-c2ccccc2)cc1S(=O)(=O)c1ccc(Cl)cc1.CS(=O)(=O)O. The second-order valence-corrected chi connectivity index (χ2v) is 11.1. The van der Waals surface area contributed by atoms with Gasteiger partial charge in [-0.3, -0.25) is 4.55 Å². The monoisotopic (exact) mass is 515 g/mol. The Balaban J connectivity index is 0.000000696. The maximum absolute atomic E-state index is 13.2. The van der Waals surface area contributed by atoms with Crippen LogP contribution >= 0.6 is 11.6 Å². The van der Waals surface area contributed by atoms with Crippen molar-refractivity contribution in [3.8, 4) is 11.6 Å². The van der Waals surface area contributed by atoms with Gasteiger partial charge in [0.25, 0.3) is 16.0 Å². The summed E-state index contributed by atoms with van der Waals surface area (Å²) in [4.78, 5) is 2.21. The molecule has 0 atom stereocenters. The molecule has 0 aliphatic heterocycles. The molecule has 3 aromatic rings. The van der Waals surface area contributed by atoms with Crippen molar-refractivity contribution in [2.24, 2.45) is 0 Å². The molecule has 2 aromatic carbocycles. The van der Waals surface area contributed by atoms with E-state index in [0.29, 0.717) is 17.9 Å². The third-order valence-corrected chi connectivity index (χ3v) is 6.08. The number of nitrogens with zero attached hydrogens (tertiary/aromatic N) is 3. The van der Waals surface area contributed by atoms with Crippen LogP contribution in [0.1, 0.15) is 6.42 Å². The van der Waals surface area contributed by atoms with Crippen LogP contribution < -0.4 is 4.74 Å². The minimum absolute atomic E-state index is 0.0310. The lowest BCUT2D eigenvalue weighted by atomic mass is 10.3. The maximum Gasteiger partial charge on any atom is 0.261 e. The van der Waals surface area contributed by atoms with E-state index >= 15 is 0 Å². The summed E-state index contributed by atoms with van der Waals surface area (Å²) in [6.45, 7) is 1.20. The number of aromatic nitrogens is 2. The zero-order chi connectivity index (χ0) is 24.6. The van der Waals surface area contributed by atoms with Crippen molar-refractivity contribution in [1.29, 1.82) is 0 Å². The third kappa shape index (κ3) is 8.78. The fourth-order valence-electron chi connectivity index (χ4n) is 2.63. The average molecular weight is 516 g/mol. The molecule has 180 valence electrons. The van der Waals surface area contributed by atoms with Crippen molar-refractivity contribution in [2.45, 2.75) is 16.2 Å². The van der Waals surface area contributed by atoms with Crippen molar-refractivity contribution in [3.63, 3.8) is 0 Å². The molecule has 0 saturated heterocycles. The van der Waals surface area contributed by atoms with Crippen LogP contribution in [0.15, 0.2) is 70.6 Å². The average Bonchev–Trinajstić information content (AvgIpc) is 3.16. The minimum Gasteiger partial charge on any atom is -0.476 e. The van der Waals surface area contributed by atoms with Gasteiger partial charge in [-0.2, -0.15) is 8.42 Å². The molecule has 0 unspecified atom stereocenters. The Labute approximate surface area is 199 Å². The fraction of sp³-hybridized carbons (Fsp3) is 0.286. The zero-order valence-electron chi connectivity index (χ0n) is 18.4. The molecule has 0 radical (unpaired) electrons. The van der Waals surface area contributed by atoms with Crippen molar-refractivity contribution in [1.82, 2.24) is 14.7 Å². The lowest BCUT2D eigenvalue weighted by molar-refractivity contribution is 0.266. The number of benzene rings is 2. The quantitative estimate of drug-likeness (QED) is 0.359. The molecular weight excluding hydrogens is 490 g/mol. The second kappa shape index (κ2) is 11.6. The number of ether oxygens (including phenoxy) is 1. The van der Waals surface area contributed by atoms with Gasteiger partial charge in [0, 0.05) is 11.6 Å². The lowest BCUT2D eigenvalue weighted by Crippen LogP contribution is -2.16. The van der Waals surface area contributed by atoms with Crippen LogP contribution in [0.4, 0.5) is 0 Å². The summed E-state index contributed by atoms with van der Waals surface area (Å²) < 4.78 is 59.5. The highest BCUT2D eigenvalue weighted by atomic mass is 35.5. The van der Waals surface area contributed by atoms with Gasteiger partial charge in [-0.05, 0) is 56.9 Å². The van der Waals surface area contributed by atoms with E-state index in [4.69, 9.17) is 20.9 Å². The Morgan fingerprint density at radius 1 is 1.03 bits per heavy atom. The van der Waals surface area contributed by atoms with E-state index in [1.165, 1.54) is 23.0 Å². The van der Waals surface area contributed by atoms with Crippen molar-refractivity contribution >= 4 is 31.6 Å². The molecule has 0 saturated carbocycles. The first-order valence-corrected chi connectivity index (χ1v) is 13.4. The highest BCUT2D eigenvalue weighted by Gasteiger charge is 2.26. The predicted molar refractivity (Wildman–Crippen MR) is 127 cm³/mol. The summed E-state index contributed by atoms with van der Waals surface area (Å²) in [7, 11) is -3.53. The molecule has 1 N–H and O–H groups in total. The van der Waals surface area contributed by atoms with Crippen LogP contribution in [-0.2, 0) is 20.0 Å². The summed E-state index contributed by atoms with van der Waals surface area (Å²) in [6.07, 6.45) is 2.96. The van der Waals surface area contributed by atoms with E-state index in [1.54, 1.807) is 12.1 Å². The van der Waals surface area contributed by atoms with Crippen molar-refractivity contribution in [2.75, 3.05) is 33.5 Å². The van der Waals surface area contributed by atoms with Gasteiger partial charge in [-0.1, -0.05) is 29.8 Å². The molecule has 0 aliphatic carbocycles. The van der Waals surface area contributed by atoms with Gasteiger partial charge in [0.05, 0.1) is 29.6 Å². The fourth-order valence-corrected chi connectivity index (χ4v) is 4.07. The van der Waals surface area contributed by atoms with Crippen LogP contribution in [0.3, 0.4) is 0 Å². The van der Waals surface area contributed by atoms with Crippen LogP contribution in [0.2, 0.25) is 5.02 Å². The largest absolute Gasteiger partial charge is 0.476 e. The Morgan fingerprint density at radius 2 is 1.61 bits per heavy atom. The molecule has 0 aliphatic rings. The molecule has 0 amide bonds. The summed E-state index contributed by atoms with van der Waals surface area (Å²) in [5, 5.41) is 4.85. The first-order chi connectivity index (χ1) is 15.4. The van der Waals surface area contributed by atoms with E-state index in [2.05, 4.69) is 5.10 Å². The molecule has 1 aromatic heterocycles. The normalized spacial score (nSPS) is 11.7. The van der Waals surface area contributed by atoms with Crippen LogP contribution in [0, 0.1) is 0 Å². The predicted octanol–water partition coefficient (Wildman–Crippen LogP) is 3.19. The second-order valence-electron chi connectivity index (χ2n) is 7.27. The molecule has 0 spiro atoms. The third-order valence-electron chi connectivity index (χ3n) is 4.07. The highest BCUT2D eigenvalue weighted by Crippen LogP contribution is 2.30. The number of hydrogen-bond acceptors (Lipinski definition) is 7. The van der Waals surface area contributed by atoms with E-state index < -0.39 is 20.0 Å². The van der Waals surface area contributed by atoms with Gasteiger partial charge in [-0.25, -0.2) is 13.1 Å². The molecule has 9 nitrogen and oxygen atoms in total. The lowest BCUT2D eigenvalue weighted by Gasteiger charge is -2.10. The van der Waals surface area contributed by atoms with Gasteiger partial charge in [0.15, 0.2) is 4.90 Å². The Kier molecular flexibility index (Phi) is 9.44. The number of rotatable bonds is 8. The van der Waals surface area contributed by atoms with E-state index in [-0.39, 0.29) is 15.7 Å². The molecule has 12 heteroatoms. The van der Waals surface area contributed by atoms with Gasteiger partial charge in [0.2, 0.25) is 9.84 Å². The molecule has 0 bridgehead atoms. The number of sulfone groups is 1. The Hall–Kier alpha value is -2.44. The number of halogens is 1. The number of hydrogen-bond donors (Lipinski definition) is 1. The minimum atomic E-state index is -3.80. The summed E-state index contributed by atoms with van der Waals surface area (Å²) in [5.74, 6) is 0.0950. The molecular formula is C21H26ClN3O6S2. The van der Waals surface area contributed by atoms with E-state index in [0.717, 1.165) is 18.7 Å². The van der Waals surface area contributed by atoms with Crippen molar-refractivity contribution < 1.29 is 26.1 Å². The first-order valence-electron chi connectivity index (χ1n) is 9.73. The number of para-hydroxylation sites is 1. The van der Waals surface area contributed by atoms with Gasteiger partial charge >= 0.3 is 0 Å². The smallest absolute Gasteiger partial charge is 0.261 e. The van der Waals surface area contributed by atoms with Crippen LogP contribution in [0.25, 0.3) is 5.69 Å². The Morgan fingerprint density at radius 3 is 2.15 bits per heavy atom. The summed E-state index contributed by atoms with van der Waals surface area (Å²) in [6, 6.07) is 15.4. The standard InChI is InChI=1S/C20H22ClN3O3S.CH4O3S/c1-23(2)13-6-14-27-20-19(15-24(22-20)17-7-4-3-5-8-17)28(25,26)18-11-9-16(21)10-12-18;1-5(2,3)4/h3-5,7-12,15H,6,13-14H2,1-2H3;1H3,(H,2,3,4).